The van der Waals surface area contributed by atoms with E-state index in [-0.39, 0.29) is 42.4 Å². The van der Waals surface area contributed by atoms with Gasteiger partial charge >= 0.3 is 0 Å². The van der Waals surface area contributed by atoms with E-state index in [0.717, 1.165) is 5.56 Å². The number of halogens is 1. The van der Waals surface area contributed by atoms with Gasteiger partial charge in [0.25, 0.3) is 0 Å². The van der Waals surface area contributed by atoms with E-state index in [9.17, 15) is 14.0 Å². The molecular formula is C19H24FN3O3. The maximum Gasteiger partial charge on any atom is 0.245 e. The molecule has 26 heavy (non-hydrogen) atoms. The maximum absolute atomic E-state index is 13.5. The summed E-state index contributed by atoms with van der Waals surface area (Å²) in [7, 11) is 0. The number of carbonyl (C=O) groups excluding carboxylic acids is 2. The Hall–Kier alpha value is -2.70. The van der Waals surface area contributed by atoms with E-state index in [1.807, 2.05) is 13.8 Å². The van der Waals surface area contributed by atoms with Crippen LogP contribution in [0.5, 0.6) is 0 Å². The van der Waals surface area contributed by atoms with Crippen molar-refractivity contribution < 1.29 is 18.5 Å². The van der Waals surface area contributed by atoms with Crippen LogP contribution in [0.1, 0.15) is 43.1 Å². The van der Waals surface area contributed by atoms with Crippen molar-refractivity contribution in [3.05, 3.63) is 47.0 Å². The number of amides is 2. The van der Waals surface area contributed by atoms with Crippen molar-refractivity contribution in [2.24, 2.45) is 5.92 Å². The van der Waals surface area contributed by atoms with E-state index in [1.165, 1.54) is 6.07 Å². The molecule has 2 aromatic rings. The minimum absolute atomic E-state index is 0.0597. The van der Waals surface area contributed by atoms with Crippen molar-refractivity contribution in [2.75, 3.05) is 11.9 Å². The molecule has 1 unspecified atom stereocenters. The first-order valence-electron chi connectivity index (χ1n) is 8.52. The van der Waals surface area contributed by atoms with Crippen LogP contribution < -0.4 is 10.6 Å². The van der Waals surface area contributed by atoms with Crippen LogP contribution in [0.4, 0.5) is 10.2 Å². The van der Waals surface area contributed by atoms with Crippen molar-refractivity contribution in [1.82, 2.24) is 10.5 Å². The molecule has 2 N–H and O–H groups in total. The van der Waals surface area contributed by atoms with Gasteiger partial charge < -0.3 is 15.2 Å². The molecule has 0 aliphatic carbocycles. The van der Waals surface area contributed by atoms with E-state index >= 15 is 0 Å². The molecule has 1 heterocycles. The fourth-order valence-corrected chi connectivity index (χ4v) is 2.70. The Kier molecular flexibility index (Phi) is 6.49. The first kappa shape index (κ1) is 19.6. The third-order valence-corrected chi connectivity index (χ3v) is 4.16. The van der Waals surface area contributed by atoms with Crippen LogP contribution in [0.2, 0.25) is 0 Å². The summed E-state index contributed by atoms with van der Waals surface area (Å²) in [5, 5.41) is 8.81. The molecule has 6 nitrogen and oxygen atoms in total. The van der Waals surface area contributed by atoms with Crippen LogP contribution in [0.3, 0.4) is 0 Å². The fourth-order valence-electron chi connectivity index (χ4n) is 2.70. The van der Waals surface area contributed by atoms with Gasteiger partial charge in [-0.15, -0.1) is 0 Å². The molecule has 0 radical (unpaired) electrons. The van der Waals surface area contributed by atoms with Crippen LogP contribution in [0.25, 0.3) is 0 Å². The SMILES string of the molecule is Cc1cc(NC(=O)CNC(=O)CC(c2ccc(F)c(C)c2)C(C)C)no1. The zero-order valence-electron chi connectivity index (χ0n) is 15.4. The Bertz CT molecular complexity index is 786. The number of aryl methyl sites for hydroxylation is 2. The molecule has 140 valence electrons. The zero-order valence-corrected chi connectivity index (χ0v) is 15.4. The predicted octanol–water partition coefficient (Wildman–Crippen LogP) is 3.32. The van der Waals surface area contributed by atoms with Gasteiger partial charge in [0, 0.05) is 12.5 Å². The number of rotatable bonds is 7. The summed E-state index contributed by atoms with van der Waals surface area (Å²) in [6, 6.07) is 6.49. The predicted molar refractivity (Wildman–Crippen MR) is 96.2 cm³/mol. The second-order valence-electron chi connectivity index (χ2n) is 6.71. The fraction of sp³-hybridized carbons (Fsp3) is 0.421. The topological polar surface area (TPSA) is 84.2 Å². The van der Waals surface area contributed by atoms with Crippen molar-refractivity contribution in [2.45, 2.75) is 40.0 Å². The van der Waals surface area contributed by atoms with Crippen LogP contribution >= 0.6 is 0 Å². The first-order chi connectivity index (χ1) is 12.3. The number of hydrogen-bond donors (Lipinski definition) is 2. The maximum atomic E-state index is 13.5. The Labute approximate surface area is 152 Å². The van der Waals surface area contributed by atoms with Crippen molar-refractivity contribution in [3.8, 4) is 0 Å². The minimum atomic E-state index is -0.384. The quantitative estimate of drug-likeness (QED) is 0.792. The van der Waals surface area contributed by atoms with Gasteiger partial charge in [-0.3, -0.25) is 9.59 Å². The molecule has 7 heteroatoms. The van der Waals surface area contributed by atoms with E-state index in [2.05, 4.69) is 15.8 Å². The standard InChI is InChI=1S/C19H24FN3O3/c1-11(2)15(14-5-6-16(20)12(3)7-14)9-18(24)21-10-19(25)22-17-8-13(4)26-23-17/h5-8,11,15H,9-10H2,1-4H3,(H,21,24)(H,22,23,25). The second kappa shape index (κ2) is 8.60. The van der Waals surface area contributed by atoms with Crippen LogP contribution in [-0.4, -0.2) is 23.5 Å². The van der Waals surface area contributed by atoms with E-state index in [1.54, 1.807) is 32.0 Å². The highest BCUT2D eigenvalue weighted by molar-refractivity contribution is 5.93. The number of nitrogens with zero attached hydrogens (tertiary/aromatic N) is 1. The average Bonchev–Trinajstić information content (AvgIpc) is 2.98. The highest BCUT2D eigenvalue weighted by atomic mass is 19.1. The van der Waals surface area contributed by atoms with E-state index < -0.39 is 0 Å². The number of aromatic nitrogens is 1. The second-order valence-corrected chi connectivity index (χ2v) is 6.71. The molecule has 0 fully saturated rings. The number of hydrogen-bond acceptors (Lipinski definition) is 4. The first-order valence-corrected chi connectivity index (χ1v) is 8.52. The van der Waals surface area contributed by atoms with Crippen LogP contribution in [-0.2, 0) is 9.59 Å². The highest BCUT2D eigenvalue weighted by Gasteiger charge is 2.21. The molecular weight excluding hydrogens is 337 g/mol. The van der Waals surface area contributed by atoms with Crippen LogP contribution in [0, 0.1) is 25.6 Å². The number of benzene rings is 1. The summed E-state index contributed by atoms with van der Waals surface area (Å²) in [6.45, 7) is 7.28. The van der Waals surface area contributed by atoms with Gasteiger partial charge in [0.2, 0.25) is 11.8 Å². The Balaban J connectivity index is 1.91. The lowest BCUT2D eigenvalue weighted by Crippen LogP contribution is -2.34. The largest absolute Gasteiger partial charge is 0.360 e. The average molecular weight is 361 g/mol. The summed E-state index contributed by atoms with van der Waals surface area (Å²) < 4.78 is 18.3. The Morgan fingerprint density at radius 2 is 1.92 bits per heavy atom. The molecule has 0 aliphatic rings. The lowest BCUT2D eigenvalue weighted by atomic mass is 9.85. The molecule has 1 aromatic heterocycles. The normalized spacial score (nSPS) is 12.1. The molecule has 1 aromatic carbocycles. The van der Waals surface area contributed by atoms with Crippen molar-refractivity contribution in [1.29, 1.82) is 0 Å². The van der Waals surface area contributed by atoms with Gasteiger partial charge in [-0.1, -0.05) is 31.1 Å². The lowest BCUT2D eigenvalue weighted by molar-refractivity contribution is -0.124. The summed E-state index contributed by atoms with van der Waals surface area (Å²) in [5.74, 6) is 0.137. The van der Waals surface area contributed by atoms with E-state index in [0.29, 0.717) is 17.1 Å². The number of carbonyl (C=O) groups is 2. The molecule has 2 amide bonds. The number of nitrogens with one attached hydrogen (secondary N) is 2. The summed E-state index contributed by atoms with van der Waals surface area (Å²) in [5.41, 5.74) is 1.47. The molecule has 2 rings (SSSR count). The van der Waals surface area contributed by atoms with Gasteiger partial charge in [0.15, 0.2) is 5.82 Å². The van der Waals surface area contributed by atoms with Crippen molar-refractivity contribution >= 4 is 17.6 Å². The Morgan fingerprint density at radius 3 is 2.50 bits per heavy atom. The van der Waals surface area contributed by atoms with Gasteiger partial charge in [-0.05, 0) is 42.9 Å². The van der Waals surface area contributed by atoms with Crippen LogP contribution in [0.15, 0.2) is 28.8 Å². The Morgan fingerprint density at radius 1 is 1.19 bits per heavy atom. The third kappa shape index (κ3) is 5.40. The van der Waals surface area contributed by atoms with Gasteiger partial charge in [0.05, 0.1) is 6.54 Å². The summed E-state index contributed by atoms with van der Waals surface area (Å²) in [6.07, 6.45) is 0.221. The third-order valence-electron chi connectivity index (χ3n) is 4.16. The van der Waals surface area contributed by atoms with Gasteiger partial charge in [0.1, 0.15) is 11.6 Å². The number of anilines is 1. The zero-order chi connectivity index (χ0) is 19.3. The van der Waals surface area contributed by atoms with Gasteiger partial charge in [-0.25, -0.2) is 4.39 Å². The summed E-state index contributed by atoms with van der Waals surface area (Å²) in [4.78, 5) is 24.1. The smallest absolute Gasteiger partial charge is 0.245 e. The van der Waals surface area contributed by atoms with Gasteiger partial charge in [-0.2, -0.15) is 0 Å². The van der Waals surface area contributed by atoms with Crippen molar-refractivity contribution in [3.63, 3.8) is 0 Å². The highest BCUT2D eigenvalue weighted by Crippen LogP contribution is 2.29. The monoisotopic (exact) mass is 361 g/mol. The van der Waals surface area contributed by atoms with E-state index in [4.69, 9.17) is 4.52 Å². The molecule has 0 saturated carbocycles. The molecule has 0 spiro atoms. The lowest BCUT2D eigenvalue weighted by Gasteiger charge is -2.21. The summed E-state index contributed by atoms with van der Waals surface area (Å²) >= 11 is 0. The molecule has 0 bridgehead atoms. The molecule has 0 aliphatic heterocycles. The minimum Gasteiger partial charge on any atom is -0.360 e. The molecule has 1 atom stereocenters. The molecule has 0 saturated heterocycles.